The van der Waals surface area contributed by atoms with Gasteiger partial charge in [-0.3, -0.25) is 9.78 Å². The zero-order valence-electron chi connectivity index (χ0n) is 14.0. The Morgan fingerprint density at radius 3 is 2.65 bits per heavy atom. The van der Waals surface area contributed by atoms with Gasteiger partial charge in [-0.1, -0.05) is 6.92 Å². The molecule has 0 aliphatic carbocycles. The zero-order chi connectivity index (χ0) is 17.2. The molecule has 0 aromatic carbocycles. The lowest BCUT2D eigenvalue weighted by molar-refractivity contribution is 0.0188. The maximum absolute atomic E-state index is 12.9. The van der Waals surface area contributed by atoms with Crippen LogP contribution in [0.15, 0.2) is 18.3 Å². The van der Waals surface area contributed by atoms with Gasteiger partial charge in [-0.25, -0.2) is 9.18 Å². The topological polar surface area (TPSA) is 59.5 Å². The largest absolute Gasteiger partial charge is 0.444 e. The van der Waals surface area contributed by atoms with Crippen LogP contribution in [0.5, 0.6) is 0 Å². The molecule has 0 saturated carbocycles. The van der Waals surface area contributed by atoms with Gasteiger partial charge in [-0.15, -0.1) is 0 Å². The predicted octanol–water partition coefficient (Wildman–Crippen LogP) is 3.44. The van der Waals surface area contributed by atoms with Crippen LogP contribution in [0.4, 0.5) is 9.18 Å². The molecule has 1 fully saturated rings. The van der Waals surface area contributed by atoms with Crippen molar-refractivity contribution in [3.05, 3.63) is 29.8 Å². The van der Waals surface area contributed by atoms with Crippen LogP contribution in [-0.2, 0) is 4.74 Å². The summed E-state index contributed by atoms with van der Waals surface area (Å²) in [5, 5.41) is 0. The summed E-state index contributed by atoms with van der Waals surface area (Å²) in [6, 6.07) is 2.37. The van der Waals surface area contributed by atoms with Gasteiger partial charge in [-0.05, 0) is 45.7 Å². The molecule has 0 bridgehead atoms. The number of amides is 1. The Labute approximate surface area is 135 Å². The van der Waals surface area contributed by atoms with E-state index < -0.39 is 23.4 Å². The van der Waals surface area contributed by atoms with E-state index in [1.165, 1.54) is 12.1 Å². The molecule has 0 radical (unpaired) electrons. The standard InChI is InChI=1S/C17H23FN2O3/c1-11(15(21)13-8-7-12(18)10-19-13)14-6-5-9-20(14)16(22)23-17(2,3)4/h7-8,10-11,14H,5-6,9H2,1-4H3. The van der Waals surface area contributed by atoms with E-state index in [4.69, 9.17) is 4.74 Å². The number of carbonyl (C=O) groups excluding carboxylic acids is 2. The average Bonchev–Trinajstić information content (AvgIpc) is 2.94. The smallest absolute Gasteiger partial charge is 0.410 e. The lowest BCUT2D eigenvalue weighted by Crippen LogP contribution is -2.44. The van der Waals surface area contributed by atoms with E-state index >= 15 is 0 Å². The van der Waals surface area contributed by atoms with Crippen LogP contribution in [-0.4, -0.2) is 39.9 Å². The number of hydrogen-bond acceptors (Lipinski definition) is 4. The van der Waals surface area contributed by atoms with Crippen LogP contribution in [0.25, 0.3) is 0 Å². The minimum Gasteiger partial charge on any atom is -0.444 e. The molecule has 2 rings (SSSR count). The van der Waals surface area contributed by atoms with Crippen molar-refractivity contribution in [3.63, 3.8) is 0 Å². The molecule has 126 valence electrons. The summed E-state index contributed by atoms with van der Waals surface area (Å²) in [5.41, 5.74) is -0.356. The number of Topliss-reactive ketones (excluding diaryl/α,β-unsaturated/α-hetero) is 1. The second kappa shape index (κ2) is 6.64. The summed E-state index contributed by atoms with van der Waals surface area (Å²) in [7, 11) is 0. The first kappa shape index (κ1) is 17.4. The van der Waals surface area contributed by atoms with E-state index in [2.05, 4.69) is 4.98 Å². The summed E-state index contributed by atoms with van der Waals surface area (Å²) in [5.74, 6) is -1.08. The Morgan fingerprint density at radius 2 is 2.09 bits per heavy atom. The molecular weight excluding hydrogens is 299 g/mol. The second-order valence-electron chi connectivity index (χ2n) is 6.90. The number of hydrogen-bond donors (Lipinski definition) is 0. The molecule has 1 aromatic rings. The Kier molecular flexibility index (Phi) is 5.02. The highest BCUT2D eigenvalue weighted by Gasteiger charge is 2.38. The maximum atomic E-state index is 12.9. The minimum absolute atomic E-state index is 0.189. The van der Waals surface area contributed by atoms with Crippen LogP contribution in [0.3, 0.4) is 0 Å². The Balaban J connectivity index is 2.11. The molecule has 1 amide bonds. The number of ketones is 1. The third kappa shape index (κ3) is 4.27. The Bertz CT molecular complexity index is 580. The number of nitrogens with zero attached hydrogens (tertiary/aromatic N) is 2. The highest BCUT2D eigenvalue weighted by Crippen LogP contribution is 2.28. The molecule has 0 N–H and O–H groups in total. The van der Waals surface area contributed by atoms with Crippen molar-refractivity contribution in [1.82, 2.24) is 9.88 Å². The molecule has 2 heterocycles. The first-order chi connectivity index (χ1) is 10.7. The fourth-order valence-electron chi connectivity index (χ4n) is 2.79. The average molecular weight is 322 g/mol. The van der Waals surface area contributed by atoms with Gasteiger partial charge in [0, 0.05) is 18.5 Å². The highest BCUT2D eigenvalue weighted by molar-refractivity contribution is 5.96. The first-order valence-corrected chi connectivity index (χ1v) is 7.84. The van der Waals surface area contributed by atoms with Crippen molar-refractivity contribution in [2.45, 2.75) is 52.2 Å². The van der Waals surface area contributed by atoms with Crippen molar-refractivity contribution in [1.29, 1.82) is 0 Å². The monoisotopic (exact) mass is 322 g/mol. The van der Waals surface area contributed by atoms with Gasteiger partial charge in [0.15, 0.2) is 5.78 Å². The minimum atomic E-state index is -0.573. The van der Waals surface area contributed by atoms with Crippen molar-refractivity contribution < 1.29 is 18.7 Å². The van der Waals surface area contributed by atoms with E-state index in [1.54, 1.807) is 11.8 Å². The van der Waals surface area contributed by atoms with Gasteiger partial charge in [0.25, 0.3) is 0 Å². The molecule has 1 aromatic heterocycles. The van der Waals surface area contributed by atoms with Gasteiger partial charge in [0.05, 0.1) is 6.20 Å². The lowest BCUT2D eigenvalue weighted by atomic mass is 9.93. The van der Waals surface area contributed by atoms with Crippen LogP contribution < -0.4 is 0 Å². The molecule has 2 atom stereocenters. The molecule has 23 heavy (non-hydrogen) atoms. The molecule has 6 heteroatoms. The normalized spacial score (nSPS) is 19.5. The SMILES string of the molecule is CC(C(=O)c1ccc(F)cn1)C1CCCN1C(=O)OC(C)(C)C. The van der Waals surface area contributed by atoms with Crippen LogP contribution in [0.2, 0.25) is 0 Å². The quantitative estimate of drug-likeness (QED) is 0.800. The lowest BCUT2D eigenvalue weighted by Gasteiger charge is -2.31. The van der Waals surface area contributed by atoms with Crippen molar-refractivity contribution in [2.75, 3.05) is 6.54 Å². The number of pyridine rings is 1. The molecule has 0 spiro atoms. The number of halogens is 1. The molecule has 1 aliphatic rings. The molecule has 2 unspecified atom stereocenters. The number of likely N-dealkylation sites (tertiary alicyclic amines) is 1. The number of carbonyl (C=O) groups is 2. The highest BCUT2D eigenvalue weighted by atomic mass is 19.1. The van der Waals surface area contributed by atoms with Crippen molar-refractivity contribution in [2.24, 2.45) is 5.92 Å². The van der Waals surface area contributed by atoms with Crippen molar-refractivity contribution in [3.8, 4) is 0 Å². The molecular formula is C17H23FN2O3. The summed E-state index contributed by atoms with van der Waals surface area (Å²) < 4.78 is 18.3. The fourth-order valence-corrected chi connectivity index (χ4v) is 2.79. The van der Waals surface area contributed by atoms with Gasteiger partial charge in [0.2, 0.25) is 0 Å². The Morgan fingerprint density at radius 1 is 1.39 bits per heavy atom. The third-order valence-electron chi connectivity index (χ3n) is 3.90. The van der Waals surface area contributed by atoms with Crippen LogP contribution in [0.1, 0.15) is 51.0 Å². The van der Waals surface area contributed by atoms with E-state index in [9.17, 15) is 14.0 Å². The number of rotatable bonds is 3. The first-order valence-electron chi connectivity index (χ1n) is 7.84. The van der Waals surface area contributed by atoms with Gasteiger partial charge >= 0.3 is 6.09 Å². The summed E-state index contributed by atoms with van der Waals surface area (Å²) in [4.78, 5) is 30.3. The zero-order valence-corrected chi connectivity index (χ0v) is 14.0. The second-order valence-corrected chi connectivity index (χ2v) is 6.90. The van der Waals surface area contributed by atoms with E-state index in [0.29, 0.717) is 6.54 Å². The fraction of sp³-hybridized carbons (Fsp3) is 0.588. The molecule has 1 saturated heterocycles. The van der Waals surface area contributed by atoms with Gasteiger partial charge < -0.3 is 9.64 Å². The summed E-state index contributed by atoms with van der Waals surface area (Å²) >= 11 is 0. The maximum Gasteiger partial charge on any atom is 0.410 e. The third-order valence-corrected chi connectivity index (χ3v) is 3.90. The number of aromatic nitrogens is 1. The van der Waals surface area contributed by atoms with Crippen LogP contribution >= 0.6 is 0 Å². The molecule has 1 aliphatic heterocycles. The van der Waals surface area contributed by atoms with Gasteiger partial charge in [0.1, 0.15) is 17.1 Å². The summed E-state index contributed by atoms with van der Waals surface area (Å²) in [6.45, 7) is 7.79. The van der Waals surface area contributed by atoms with E-state index in [1.807, 2.05) is 20.8 Å². The van der Waals surface area contributed by atoms with Gasteiger partial charge in [-0.2, -0.15) is 0 Å². The predicted molar refractivity (Wildman–Crippen MR) is 83.7 cm³/mol. The summed E-state index contributed by atoms with van der Waals surface area (Å²) in [6.07, 6.45) is 2.21. The Hall–Kier alpha value is -1.98. The van der Waals surface area contributed by atoms with Crippen LogP contribution in [0, 0.1) is 11.7 Å². The van der Waals surface area contributed by atoms with E-state index in [-0.39, 0.29) is 17.5 Å². The van der Waals surface area contributed by atoms with E-state index in [0.717, 1.165) is 19.0 Å². The number of ether oxygens (including phenoxy) is 1. The van der Waals surface area contributed by atoms with Crippen molar-refractivity contribution >= 4 is 11.9 Å². The molecule has 5 nitrogen and oxygen atoms in total.